The maximum atomic E-state index is 12.6. The molecule has 0 radical (unpaired) electrons. The van der Waals surface area contributed by atoms with E-state index in [0.29, 0.717) is 11.3 Å². The summed E-state index contributed by atoms with van der Waals surface area (Å²) < 4.78 is 0. The first-order chi connectivity index (χ1) is 14.0. The Bertz CT molecular complexity index is 1080. The highest BCUT2D eigenvalue weighted by Crippen LogP contribution is 2.23. The SMILES string of the molecule is C=Cc1ccc(C(=O)Nc2ccc(-c3ccc(C(=O)O)cc3)cc2)cc1/C=C\C. The lowest BCUT2D eigenvalue weighted by atomic mass is 10.0. The minimum Gasteiger partial charge on any atom is -0.478 e. The summed E-state index contributed by atoms with van der Waals surface area (Å²) in [7, 11) is 0. The molecule has 29 heavy (non-hydrogen) atoms. The van der Waals surface area contributed by atoms with Gasteiger partial charge in [0.15, 0.2) is 0 Å². The Balaban J connectivity index is 1.75. The zero-order valence-electron chi connectivity index (χ0n) is 16.1. The molecular formula is C25H21NO3. The van der Waals surface area contributed by atoms with Crippen molar-refractivity contribution in [2.45, 2.75) is 6.92 Å². The number of nitrogens with one attached hydrogen (secondary N) is 1. The lowest BCUT2D eigenvalue weighted by Gasteiger charge is -2.09. The molecule has 144 valence electrons. The van der Waals surface area contributed by atoms with Crippen LogP contribution in [0.3, 0.4) is 0 Å². The highest BCUT2D eigenvalue weighted by atomic mass is 16.4. The number of amides is 1. The summed E-state index contributed by atoms with van der Waals surface area (Å²) >= 11 is 0. The van der Waals surface area contributed by atoms with Crippen LogP contribution in [0.2, 0.25) is 0 Å². The lowest BCUT2D eigenvalue weighted by molar-refractivity contribution is 0.0696. The topological polar surface area (TPSA) is 66.4 Å². The Morgan fingerprint density at radius 1 is 0.862 bits per heavy atom. The number of carboxylic acid groups (broad SMARTS) is 1. The first-order valence-corrected chi connectivity index (χ1v) is 9.16. The van der Waals surface area contributed by atoms with Crippen molar-refractivity contribution >= 4 is 29.7 Å². The van der Waals surface area contributed by atoms with Crippen LogP contribution in [0.5, 0.6) is 0 Å². The number of benzene rings is 3. The van der Waals surface area contributed by atoms with Gasteiger partial charge in [0.05, 0.1) is 5.56 Å². The molecule has 0 aliphatic carbocycles. The fourth-order valence-electron chi connectivity index (χ4n) is 2.98. The van der Waals surface area contributed by atoms with E-state index in [1.54, 1.807) is 36.4 Å². The molecule has 0 saturated heterocycles. The molecule has 4 nitrogen and oxygen atoms in total. The van der Waals surface area contributed by atoms with Crippen molar-refractivity contribution in [3.63, 3.8) is 0 Å². The second kappa shape index (κ2) is 8.85. The largest absolute Gasteiger partial charge is 0.478 e. The van der Waals surface area contributed by atoms with Crippen molar-refractivity contribution in [1.82, 2.24) is 0 Å². The van der Waals surface area contributed by atoms with E-state index >= 15 is 0 Å². The second-order valence-electron chi connectivity index (χ2n) is 6.46. The number of anilines is 1. The highest BCUT2D eigenvalue weighted by molar-refractivity contribution is 6.05. The molecule has 0 fully saturated rings. The van der Waals surface area contributed by atoms with Gasteiger partial charge in [-0.05, 0) is 65.6 Å². The van der Waals surface area contributed by atoms with Crippen molar-refractivity contribution in [3.8, 4) is 11.1 Å². The minimum atomic E-state index is -0.951. The van der Waals surface area contributed by atoms with Gasteiger partial charge in [0.25, 0.3) is 5.91 Å². The Morgan fingerprint density at radius 2 is 1.45 bits per heavy atom. The molecule has 0 aromatic heterocycles. The van der Waals surface area contributed by atoms with Gasteiger partial charge < -0.3 is 10.4 Å². The zero-order valence-corrected chi connectivity index (χ0v) is 16.1. The van der Waals surface area contributed by atoms with Gasteiger partial charge in [0, 0.05) is 11.3 Å². The van der Waals surface area contributed by atoms with Gasteiger partial charge >= 0.3 is 5.97 Å². The summed E-state index contributed by atoms with van der Waals surface area (Å²) in [5, 5.41) is 11.9. The number of aromatic carboxylic acids is 1. The molecule has 0 atom stereocenters. The first-order valence-electron chi connectivity index (χ1n) is 9.16. The Labute approximate surface area is 169 Å². The van der Waals surface area contributed by atoms with Crippen molar-refractivity contribution in [2.75, 3.05) is 5.32 Å². The van der Waals surface area contributed by atoms with Gasteiger partial charge in [-0.2, -0.15) is 0 Å². The number of hydrogen-bond acceptors (Lipinski definition) is 2. The fourth-order valence-corrected chi connectivity index (χ4v) is 2.98. The third-order valence-electron chi connectivity index (χ3n) is 4.52. The Kier molecular flexibility index (Phi) is 6.05. The molecule has 1 amide bonds. The molecule has 0 bridgehead atoms. The molecule has 0 heterocycles. The third kappa shape index (κ3) is 4.68. The molecule has 3 aromatic rings. The maximum Gasteiger partial charge on any atom is 0.335 e. The van der Waals surface area contributed by atoms with Crippen LogP contribution in [-0.4, -0.2) is 17.0 Å². The van der Waals surface area contributed by atoms with Crippen LogP contribution >= 0.6 is 0 Å². The summed E-state index contributed by atoms with van der Waals surface area (Å²) in [5.74, 6) is -1.14. The molecule has 0 saturated carbocycles. The van der Waals surface area contributed by atoms with Crippen LogP contribution in [0.1, 0.15) is 38.8 Å². The number of carboxylic acids is 1. The van der Waals surface area contributed by atoms with Gasteiger partial charge in [0.1, 0.15) is 0 Å². The summed E-state index contributed by atoms with van der Waals surface area (Å²) in [5.41, 5.74) is 5.25. The number of carbonyl (C=O) groups excluding carboxylic acids is 1. The molecular weight excluding hydrogens is 362 g/mol. The maximum absolute atomic E-state index is 12.6. The van der Waals surface area contributed by atoms with E-state index in [1.807, 2.05) is 55.5 Å². The molecule has 0 spiro atoms. The van der Waals surface area contributed by atoms with Gasteiger partial charge in [-0.25, -0.2) is 4.79 Å². The average Bonchev–Trinajstić information content (AvgIpc) is 2.74. The van der Waals surface area contributed by atoms with Crippen molar-refractivity contribution in [1.29, 1.82) is 0 Å². The average molecular weight is 383 g/mol. The van der Waals surface area contributed by atoms with E-state index in [1.165, 1.54) is 0 Å². The van der Waals surface area contributed by atoms with E-state index in [9.17, 15) is 9.59 Å². The van der Waals surface area contributed by atoms with Crippen LogP contribution in [0.4, 0.5) is 5.69 Å². The molecule has 3 aromatic carbocycles. The molecule has 4 heteroatoms. The first kappa shape index (κ1) is 19.8. The molecule has 0 unspecified atom stereocenters. The smallest absolute Gasteiger partial charge is 0.335 e. The monoisotopic (exact) mass is 383 g/mol. The molecule has 0 aliphatic heterocycles. The van der Waals surface area contributed by atoms with Gasteiger partial charge in [0.2, 0.25) is 0 Å². The van der Waals surface area contributed by atoms with Gasteiger partial charge in [-0.1, -0.05) is 55.1 Å². The Morgan fingerprint density at radius 3 is 2.00 bits per heavy atom. The standard InChI is InChI=1S/C25H21NO3/c1-3-5-21-16-22(11-6-17(21)4-2)24(27)26-23-14-12-19(13-15-23)18-7-9-20(10-8-18)25(28)29/h3-16H,2H2,1H3,(H,26,27)(H,28,29)/b5-3-. The second-order valence-corrected chi connectivity index (χ2v) is 6.46. The highest BCUT2D eigenvalue weighted by Gasteiger charge is 2.09. The number of carbonyl (C=O) groups is 2. The molecule has 0 aliphatic rings. The normalized spacial score (nSPS) is 10.7. The quantitative estimate of drug-likeness (QED) is 0.550. The molecule has 3 rings (SSSR count). The van der Waals surface area contributed by atoms with Crippen LogP contribution < -0.4 is 5.32 Å². The van der Waals surface area contributed by atoms with Gasteiger partial charge in [-0.15, -0.1) is 0 Å². The van der Waals surface area contributed by atoms with Crippen molar-refractivity contribution < 1.29 is 14.7 Å². The summed E-state index contributed by atoms with van der Waals surface area (Å²) in [6.07, 6.45) is 5.63. The zero-order chi connectivity index (χ0) is 20.8. The van der Waals surface area contributed by atoms with Crippen LogP contribution in [0, 0.1) is 0 Å². The Hall–Kier alpha value is -3.92. The third-order valence-corrected chi connectivity index (χ3v) is 4.52. The lowest BCUT2D eigenvalue weighted by Crippen LogP contribution is -2.12. The summed E-state index contributed by atoms with van der Waals surface area (Å²) in [6, 6.07) is 19.6. The minimum absolute atomic E-state index is 0.190. The number of allylic oxidation sites excluding steroid dienone is 1. The van der Waals surface area contributed by atoms with Crippen LogP contribution in [0.25, 0.3) is 23.3 Å². The van der Waals surface area contributed by atoms with E-state index in [2.05, 4.69) is 11.9 Å². The summed E-state index contributed by atoms with van der Waals surface area (Å²) in [6.45, 7) is 5.73. The number of rotatable bonds is 6. The fraction of sp³-hybridized carbons (Fsp3) is 0.0400. The van der Waals surface area contributed by atoms with Crippen LogP contribution in [-0.2, 0) is 0 Å². The van der Waals surface area contributed by atoms with Crippen molar-refractivity contribution in [3.05, 3.63) is 102 Å². The molecule has 2 N–H and O–H groups in total. The predicted molar refractivity (Wildman–Crippen MR) is 118 cm³/mol. The summed E-state index contributed by atoms with van der Waals surface area (Å²) in [4.78, 5) is 23.6. The number of hydrogen-bond donors (Lipinski definition) is 2. The van der Waals surface area contributed by atoms with E-state index in [4.69, 9.17) is 5.11 Å². The van der Waals surface area contributed by atoms with Crippen molar-refractivity contribution in [2.24, 2.45) is 0 Å². The predicted octanol–water partition coefficient (Wildman–Crippen LogP) is 5.98. The van der Waals surface area contributed by atoms with Crippen LogP contribution in [0.15, 0.2) is 79.4 Å². The van der Waals surface area contributed by atoms with E-state index < -0.39 is 5.97 Å². The van der Waals surface area contributed by atoms with Gasteiger partial charge in [-0.3, -0.25) is 4.79 Å². The van der Waals surface area contributed by atoms with E-state index in [0.717, 1.165) is 22.3 Å². The van der Waals surface area contributed by atoms with E-state index in [-0.39, 0.29) is 11.5 Å².